The molecule has 0 saturated heterocycles. The Bertz CT molecular complexity index is 655. The van der Waals surface area contributed by atoms with Crippen LogP contribution in [0.25, 0.3) is 20.8 Å². The van der Waals surface area contributed by atoms with E-state index in [1.165, 1.54) is 5.56 Å². The predicted octanol–water partition coefficient (Wildman–Crippen LogP) is 3.25. The highest BCUT2D eigenvalue weighted by atomic mass is 32.1. The van der Waals surface area contributed by atoms with Gasteiger partial charge in [-0.25, -0.2) is 4.98 Å². The Morgan fingerprint density at radius 3 is 2.94 bits per heavy atom. The van der Waals surface area contributed by atoms with Gasteiger partial charge >= 0.3 is 0 Å². The number of anilines is 1. The molecular weight excluding hydrogens is 230 g/mol. The number of benzene rings is 1. The van der Waals surface area contributed by atoms with Gasteiger partial charge in [0.1, 0.15) is 10.5 Å². The van der Waals surface area contributed by atoms with Crippen LogP contribution in [0.2, 0.25) is 0 Å². The highest BCUT2D eigenvalue weighted by Gasteiger charge is 2.09. The number of hydrogen-bond acceptors (Lipinski definition) is 4. The number of aryl methyl sites for hydroxylation is 1. The van der Waals surface area contributed by atoms with Crippen LogP contribution in [0.4, 0.5) is 5.69 Å². The fraction of sp³-hybridized carbons (Fsp3) is 0.0769. The molecule has 0 aliphatic rings. The topological polar surface area (TPSA) is 51.8 Å². The number of pyridine rings is 1. The van der Waals surface area contributed by atoms with Crippen molar-refractivity contribution in [1.82, 2.24) is 9.97 Å². The van der Waals surface area contributed by atoms with Crippen LogP contribution in [0.15, 0.2) is 36.7 Å². The van der Waals surface area contributed by atoms with E-state index in [1.807, 2.05) is 18.2 Å². The van der Waals surface area contributed by atoms with Gasteiger partial charge < -0.3 is 5.73 Å². The Hall–Kier alpha value is -1.94. The summed E-state index contributed by atoms with van der Waals surface area (Å²) in [6.07, 6.45) is 3.56. The zero-order chi connectivity index (χ0) is 11.8. The smallest absolute Gasteiger partial charge is 0.126 e. The van der Waals surface area contributed by atoms with Gasteiger partial charge in [0.05, 0.1) is 10.9 Å². The number of aromatic nitrogens is 2. The van der Waals surface area contributed by atoms with Crippen LogP contribution >= 0.6 is 11.3 Å². The number of nitrogens with zero attached hydrogens (tertiary/aromatic N) is 2. The van der Waals surface area contributed by atoms with Gasteiger partial charge in [-0.1, -0.05) is 11.6 Å². The Kier molecular flexibility index (Phi) is 2.30. The number of nitrogen functional groups attached to an aromatic ring is 1. The molecule has 0 amide bonds. The van der Waals surface area contributed by atoms with Crippen LogP contribution in [-0.2, 0) is 0 Å². The molecule has 17 heavy (non-hydrogen) atoms. The van der Waals surface area contributed by atoms with Crippen molar-refractivity contribution in [3.8, 4) is 10.6 Å². The van der Waals surface area contributed by atoms with Crippen molar-refractivity contribution in [2.75, 3.05) is 5.73 Å². The van der Waals surface area contributed by atoms with Crippen LogP contribution in [0.3, 0.4) is 0 Å². The first-order chi connectivity index (χ1) is 8.24. The first-order valence-electron chi connectivity index (χ1n) is 5.31. The maximum atomic E-state index is 5.99. The summed E-state index contributed by atoms with van der Waals surface area (Å²) in [5.74, 6) is 0. The average molecular weight is 241 g/mol. The number of thiazole rings is 1. The molecule has 0 bridgehead atoms. The second-order valence-electron chi connectivity index (χ2n) is 3.95. The maximum absolute atomic E-state index is 5.99. The van der Waals surface area contributed by atoms with Gasteiger partial charge in [-0.2, -0.15) is 0 Å². The molecule has 3 rings (SSSR count). The summed E-state index contributed by atoms with van der Waals surface area (Å²) >= 11 is 1.64. The average Bonchev–Trinajstić information content (AvgIpc) is 2.75. The van der Waals surface area contributed by atoms with Crippen molar-refractivity contribution in [1.29, 1.82) is 0 Å². The molecule has 1 aromatic carbocycles. The molecule has 4 heteroatoms. The van der Waals surface area contributed by atoms with E-state index in [0.717, 1.165) is 26.5 Å². The summed E-state index contributed by atoms with van der Waals surface area (Å²) < 4.78 is 1.14. The highest BCUT2D eigenvalue weighted by molar-refractivity contribution is 7.21. The van der Waals surface area contributed by atoms with Crippen LogP contribution in [-0.4, -0.2) is 9.97 Å². The lowest BCUT2D eigenvalue weighted by atomic mass is 10.1. The van der Waals surface area contributed by atoms with Gasteiger partial charge in [0.15, 0.2) is 0 Å². The standard InChI is InChI=1S/C13H11N3S/c1-8-2-3-10(14)9(6-8)13-16-11-7-15-5-4-12(11)17-13/h2-7H,14H2,1H3. The van der Waals surface area contributed by atoms with Crippen LogP contribution in [0.1, 0.15) is 5.56 Å². The van der Waals surface area contributed by atoms with Gasteiger partial charge in [0.25, 0.3) is 0 Å². The van der Waals surface area contributed by atoms with E-state index in [0.29, 0.717) is 0 Å². The number of hydrogen-bond donors (Lipinski definition) is 1. The normalized spacial score (nSPS) is 10.9. The Morgan fingerprint density at radius 2 is 2.12 bits per heavy atom. The van der Waals surface area contributed by atoms with Crippen molar-refractivity contribution in [3.63, 3.8) is 0 Å². The molecule has 0 aliphatic heterocycles. The zero-order valence-corrected chi connectivity index (χ0v) is 10.2. The molecule has 0 aliphatic carbocycles. The Morgan fingerprint density at radius 1 is 1.24 bits per heavy atom. The second kappa shape index (κ2) is 3.82. The second-order valence-corrected chi connectivity index (χ2v) is 4.98. The lowest BCUT2D eigenvalue weighted by Gasteiger charge is -2.02. The van der Waals surface area contributed by atoms with E-state index >= 15 is 0 Å². The molecule has 0 saturated carbocycles. The largest absolute Gasteiger partial charge is 0.398 e. The SMILES string of the molecule is Cc1ccc(N)c(-c2nc3cnccc3s2)c1. The molecule has 3 nitrogen and oxygen atoms in total. The lowest BCUT2D eigenvalue weighted by Crippen LogP contribution is -1.90. The quantitative estimate of drug-likeness (QED) is 0.665. The fourth-order valence-electron chi connectivity index (χ4n) is 1.75. The molecular formula is C13H11N3S. The Labute approximate surface area is 103 Å². The molecule has 2 heterocycles. The summed E-state index contributed by atoms with van der Waals surface area (Å²) in [6.45, 7) is 2.05. The molecule has 0 unspecified atom stereocenters. The van der Waals surface area contributed by atoms with Crippen LogP contribution < -0.4 is 5.73 Å². The van der Waals surface area contributed by atoms with Gasteiger partial charge in [-0.3, -0.25) is 4.98 Å². The van der Waals surface area contributed by atoms with Crippen molar-refractivity contribution in [3.05, 3.63) is 42.2 Å². The van der Waals surface area contributed by atoms with Gasteiger partial charge in [-0.15, -0.1) is 11.3 Å². The minimum atomic E-state index is 0.766. The number of nitrogens with two attached hydrogens (primary N) is 1. The lowest BCUT2D eigenvalue weighted by molar-refractivity contribution is 1.34. The zero-order valence-electron chi connectivity index (χ0n) is 9.34. The van der Waals surface area contributed by atoms with E-state index in [9.17, 15) is 0 Å². The first-order valence-corrected chi connectivity index (χ1v) is 6.13. The molecule has 0 fully saturated rings. The molecule has 2 aromatic heterocycles. The van der Waals surface area contributed by atoms with Crippen LogP contribution in [0.5, 0.6) is 0 Å². The van der Waals surface area contributed by atoms with Crippen molar-refractivity contribution < 1.29 is 0 Å². The van der Waals surface area contributed by atoms with E-state index in [1.54, 1.807) is 23.7 Å². The molecule has 3 aromatic rings. The Balaban J connectivity index is 2.23. The van der Waals surface area contributed by atoms with Gasteiger partial charge in [0.2, 0.25) is 0 Å². The van der Waals surface area contributed by atoms with E-state index in [-0.39, 0.29) is 0 Å². The minimum Gasteiger partial charge on any atom is -0.398 e. The molecule has 0 atom stereocenters. The minimum absolute atomic E-state index is 0.766. The molecule has 0 radical (unpaired) electrons. The summed E-state index contributed by atoms with van der Waals surface area (Å²) in [5.41, 5.74) is 9.88. The van der Waals surface area contributed by atoms with E-state index < -0.39 is 0 Å². The monoisotopic (exact) mass is 241 g/mol. The fourth-order valence-corrected chi connectivity index (χ4v) is 2.72. The molecule has 0 spiro atoms. The third-order valence-electron chi connectivity index (χ3n) is 2.63. The third-order valence-corrected chi connectivity index (χ3v) is 3.70. The van der Waals surface area contributed by atoms with Crippen molar-refractivity contribution in [2.24, 2.45) is 0 Å². The van der Waals surface area contributed by atoms with E-state index in [2.05, 4.69) is 23.0 Å². The summed E-state index contributed by atoms with van der Waals surface area (Å²) in [4.78, 5) is 8.63. The number of fused-ring (bicyclic) bond motifs is 1. The van der Waals surface area contributed by atoms with Crippen molar-refractivity contribution >= 4 is 27.2 Å². The highest BCUT2D eigenvalue weighted by Crippen LogP contribution is 2.33. The summed E-state index contributed by atoms with van der Waals surface area (Å²) in [6, 6.07) is 7.98. The predicted molar refractivity (Wildman–Crippen MR) is 72.0 cm³/mol. The van der Waals surface area contributed by atoms with E-state index in [4.69, 9.17) is 5.73 Å². The number of rotatable bonds is 1. The molecule has 2 N–H and O–H groups in total. The van der Waals surface area contributed by atoms with Crippen molar-refractivity contribution in [2.45, 2.75) is 6.92 Å². The van der Waals surface area contributed by atoms with Gasteiger partial charge in [-0.05, 0) is 25.1 Å². The van der Waals surface area contributed by atoms with Gasteiger partial charge in [0, 0.05) is 17.4 Å². The summed E-state index contributed by atoms with van der Waals surface area (Å²) in [7, 11) is 0. The third kappa shape index (κ3) is 1.76. The maximum Gasteiger partial charge on any atom is 0.126 e. The first kappa shape index (κ1) is 10.2. The molecule has 84 valence electrons. The summed E-state index contributed by atoms with van der Waals surface area (Å²) in [5, 5.41) is 0.953. The van der Waals surface area contributed by atoms with Crippen LogP contribution in [0, 0.1) is 6.92 Å².